The van der Waals surface area contributed by atoms with Crippen molar-refractivity contribution in [1.29, 1.82) is 0 Å². The molecule has 0 unspecified atom stereocenters. The van der Waals surface area contributed by atoms with Gasteiger partial charge >= 0.3 is 0 Å². The van der Waals surface area contributed by atoms with Gasteiger partial charge in [0.2, 0.25) is 0 Å². The second-order valence-electron chi connectivity index (χ2n) is 4.71. The van der Waals surface area contributed by atoms with Crippen molar-refractivity contribution in [2.24, 2.45) is 0 Å². The number of benzene rings is 1. The van der Waals surface area contributed by atoms with Crippen LogP contribution in [0.1, 0.15) is 31.4 Å². The van der Waals surface area contributed by atoms with Crippen LogP contribution in [0.4, 0.5) is 0 Å². The van der Waals surface area contributed by atoms with E-state index in [2.05, 4.69) is 47.7 Å². The Morgan fingerprint density at radius 2 is 2.18 bits per heavy atom. The van der Waals surface area contributed by atoms with Gasteiger partial charge in [0.05, 0.1) is 6.61 Å². The van der Waals surface area contributed by atoms with Gasteiger partial charge in [-0.15, -0.1) is 0 Å². The van der Waals surface area contributed by atoms with Gasteiger partial charge in [-0.2, -0.15) is 0 Å². The molecule has 0 radical (unpaired) electrons. The molecule has 0 aromatic heterocycles. The van der Waals surface area contributed by atoms with Crippen LogP contribution in [0, 0.1) is 0 Å². The zero-order valence-corrected chi connectivity index (χ0v) is 10.7. The highest BCUT2D eigenvalue weighted by molar-refractivity contribution is 5.17. The monoisotopic (exact) mass is 234 g/mol. The Morgan fingerprint density at radius 1 is 1.41 bits per heavy atom. The van der Waals surface area contributed by atoms with E-state index < -0.39 is 0 Å². The Hall–Kier alpha value is -0.900. The SMILES string of the molecule is COC[C@@H]1CCCN1N[C@@H](C)c1ccccc1. The van der Waals surface area contributed by atoms with Crippen LogP contribution >= 0.6 is 0 Å². The fourth-order valence-electron chi connectivity index (χ4n) is 2.44. The van der Waals surface area contributed by atoms with Gasteiger partial charge in [-0.3, -0.25) is 0 Å². The van der Waals surface area contributed by atoms with Crippen LogP contribution in [0.25, 0.3) is 0 Å². The zero-order chi connectivity index (χ0) is 12.1. The lowest BCUT2D eigenvalue weighted by Crippen LogP contribution is -2.44. The Bertz CT molecular complexity index is 328. The number of hydrogen-bond acceptors (Lipinski definition) is 3. The minimum atomic E-state index is 0.355. The standard InChI is InChI=1S/C14H22N2O/c1-12(13-7-4-3-5-8-13)15-16-10-6-9-14(16)11-17-2/h3-5,7-8,12,14-15H,6,9-11H2,1-2H3/t12-,14-/m0/s1. The zero-order valence-electron chi connectivity index (χ0n) is 10.7. The van der Waals surface area contributed by atoms with Crippen LogP contribution in [0.3, 0.4) is 0 Å². The van der Waals surface area contributed by atoms with Gasteiger partial charge in [0.1, 0.15) is 0 Å². The summed E-state index contributed by atoms with van der Waals surface area (Å²) in [5.74, 6) is 0. The molecule has 1 N–H and O–H groups in total. The number of nitrogens with one attached hydrogen (secondary N) is 1. The van der Waals surface area contributed by atoms with Gasteiger partial charge in [-0.05, 0) is 25.3 Å². The van der Waals surface area contributed by atoms with Gasteiger partial charge < -0.3 is 4.74 Å². The van der Waals surface area contributed by atoms with E-state index in [0.717, 1.165) is 13.2 Å². The highest BCUT2D eigenvalue weighted by Gasteiger charge is 2.25. The molecular formula is C14H22N2O. The number of hydrazine groups is 1. The number of nitrogens with zero attached hydrogens (tertiary/aromatic N) is 1. The number of methoxy groups -OCH3 is 1. The summed E-state index contributed by atoms with van der Waals surface area (Å²) in [7, 11) is 1.77. The van der Waals surface area contributed by atoms with Crippen molar-refractivity contribution in [3.05, 3.63) is 35.9 Å². The van der Waals surface area contributed by atoms with Gasteiger partial charge in [0.15, 0.2) is 0 Å². The largest absolute Gasteiger partial charge is 0.383 e. The lowest BCUT2D eigenvalue weighted by molar-refractivity contribution is 0.0731. The molecule has 1 saturated heterocycles. The quantitative estimate of drug-likeness (QED) is 0.846. The first kappa shape index (κ1) is 12.6. The fraction of sp³-hybridized carbons (Fsp3) is 0.571. The van der Waals surface area contributed by atoms with Crippen molar-refractivity contribution in [2.75, 3.05) is 20.3 Å². The molecule has 1 aromatic rings. The number of ether oxygens (including phenoxy) is 1. The molecule has 1 aliphatic rings. The van der Waals surface area contributed by atoms with Crippen LogP contribution in [0.2, 0.25) is 0 Å². The molecular weight excluding hydrogens is 212 g/mol. The lowest BCUT2D eigenvalue weighted by atomic mass is 10.1. The first-order valence-electron chi connectivity index (χ1n) is 6.38. The van der Waals surface area contributed by atoms with Crippen molar-refractivity contribution in [2.45, 2.75) is 31.8 Å². The lowest BCUT2D eigenvalue weighted by Gasteiger charge is -2.28. The molecule has 3 nitrogen and oxygen atoms in total. The molecule has 1 heterocycles. The maximum Gasteiger partial charge on any atom is 0.0632 e. The third-order valence-electron chi connectivity index (χ3n) is 3.40. The number of rotatable bonds is 5. The summed E-state index contributed by atoms with van der Waals surface area (Å²) in [6.07, 6.45) is 2.48. The molecule has 1 fully saturated rings. The number of hydrogen-bond donors (Lipinski definition) is 1. The minimum Gasteiger partial charge on any atom is -0.383 e. The van der Waals surface area contributed by atoms with Gasteiger partial charge in [-0.25, -0.2) is 10.4 Å². The smallest absolute Gasteiger partial charge is 0.0632 e. The normalized spacial score (nSPS) is 22.8. The molecule has 17 heavy (non-hydrogen) atoms. The van der Waals surface area contributed by atoms with E-state index in [1.54, 1.807) is 7.11 Å². The van der Waals surface area contributed by atoms with Crippen molar-refractivity contribution < 1.29 is 4.74 Å². The topological polar surface area (TPSA) is 24.5 Å². The van der Waals surface area contributed by atoms with Crippen molar-refractivity contribution in [3.63, 3.8) is 0 Å². The van der Waals surface area contributed by atoms with Crippen LogP contribution in [-0.4, -0.2) is 31.3 Å². The first-order valence-corrected chi connectivity index (χ1v) is 6.38. The predicted molar refractivity (Wildman–Crippen MR) is 69.6 cm³/mol. The maximum atomic E-state index is 5.26. The van der Waals surface area contributed by atoms with Crippen LogP contribution < -0.4 is 5.43 Å². The Morgan fingerprint density at radius 3 is 2.88 bits per heavy atom. The third kappa shape index (κ3) is 3.28. The summed E-state index contributed by atoms with van der Waals surface area (Å²) in [6.45, 7) is 4.14. The molecule has 0 bridgehead atoms. The van der Waals surface area contributed by atoms with Crippen molar-refractivity contribution in [3.8, 4) is 0 Å². The fourth-order valence-corrected chi connectivity index (χ4v) is 2.44. The molecule has 0 saturated carbocycles. The van der Waals surface area contributed by atoms with Gasteiger partial charge in [0, 0.05) is 25.7 Å². The second kappa shape index (κ2) is 6.15. The molecule has 3 heteroatoms. The summed E-state index contributed by atoms with van der Waals surface area (Å²) in [6, 6.07) is 11.4. The van der Waals surface area contributed by atoms with E-state index in [-0.39, 0.29) is 0 Å². The maximum absolute atomic E-state index is 5.26. The summed E-state index contributed by atoms with van der Waals surface area (Å²) >= 11 is 0. The predicted octanol–water partition coefficient (Wildman–Crippen LogP) is 2.36. The molecule has 94 valence electrons. The average molecular weight is 234 g/mol. The molecule has 2 atom stereocenters. The third-order valence-corrected chi connectivity index (χ3v) is 3.40. The summed E-state index contributed by atoms with van der Waals surface area (Å²) in [4.78, 5) is 0. The van der Waals surface area contributed by atoms with E-state index >= 15 is 0 Å². The van der Waals surface area contributed by atoms with E-state index in [4.69, 9.17) is 4.74 Å². The van der Waals surface area contributed by atoms with Crippen molar-refractivity contribution in [1.82, 2.24) is 10.4 Å². The Labute approximate surface area is 104 Å². The molecule has 0 amide bonds. The first-order chi connectivity index (χ1) is 8.31. The highest BCUT2D eigenvalue weighted by Crippen LogP contribution is 2.19. The summed E-state index contributed by atoms with van der Waals surface area (Å²) < 4.78 is 5.26. The van der Waals surface area contributed by atoms with Gasteiger partial charge in [-0.1, -0.05) is 30.3 Å². The van der Waals surface area contributed by atoms with E-state index in [9.17, 15) is 0 Å². The van der Waals surface area contributed by atoms with Crippen molar-refractivity contribution >= 4 is 0 Å². The van der Waals surface area contributed by atoms with E-state index in [1.165, 1.54) is 18.4 Å². The van der Waals surface area contributed by atoms with Crippen LogP contribution in [-0.2, 0) is 4.74 Å². The highest BCUT2D eigenvalue weighted by atomic mass is 16.5. The molecule has 1 aliphatic heterocycles. The average Bonchev–Trinajstić information content (AvgIpc) is 2.78. The Balaban J connectivity index is 1.92. The molecule has 0 spiro atoms. The van der Waals surface area contributed by atoms with E-state index in [1.807, 2.05) is 0 Å². The molecule has 2 rings (SSSR count). The summed E-state index contributed by atoms with van der Waals surface area (Å²) in [5.41, 5.74) is 4.91. The van der Waals surface area contributed by atoms with Crippen LogP contribution in [0.15, 0.2) is 30.3 Å². The molecule has 1 aromatic carbocycles. The minimum absolute atomic E-state index is 0.355. The Kier molecular flexibility index (Phi) is 4.54. The van der Waals surface area contributed by atoms with Crippen LogP contribution in [0.5, 0.6) is 0 Å². The van der Waals surface area contributed by atoms with Gasteiger partial charge in [0.25, 0.3) is 0 Å². The molecule has 0 aliphatic carbocycles. The second-order valence-corrected chi connectivity index (χ2v) is 4.71. The van der Waals surface area contributed by atoms with E-state index in [0.29, 0.717) is 12.1 Å². The summed E-state index contributed by atoms with van der Waals surface area (Å²) in [5, 5.41) is 2.33.